The third kappa shape index (κ3) is 1.32. The highest BCUT2D eigenvalue weighted by molar-refractivity contribution is 7.89. The first-order chi connectivity index (χ1) is 4.93. The molecule has 0 aliphatic carbocycles. The van der Waals surface area contributed by atoms with E-state index in [2.05, 4.69) is 4.99 Å². The summed E-state index contributed by atoms with van der Waals surface area (Å²) in [4.78, 5) is 14.2. The third-order valence-corrected chi connectivity index (χ3v) is 2.20. The molecule has 0 bridgehead atoms. The van der Waals surface area contributed by atoms with Crippen molar-refractivity contribution >= 4 is 21.9 Å². The minimum absolute atomic E-state index is 0.182. The van der Waals surface area contributed by atoms with E-state index in [9.17, 15) is 13.2 Å². The van der Waals surface area contributed by atoms with Gasteiger partial charge in [-0.3, -0.25) is 4.79 Å². The topological polar surface area (TPSA) is 92.8 Å². The smallest absolute Gasteiger partial charge is 0.264 e. The summed E-state index contributed by atoms with van der Waals surface area (Å²) in [5, 5.41) is 0. The number of aliphatic imine (C=N–C) groups is 1. The average molecular weight is 177 g/mol. The molecule has 1 heterocycles. The zero-order valence-corrected chi connectivity index (χ0v) is 6.63. The number of hydrogen-bond donors (Lipinski definition) is 1. The molecule has 0 atom stereocenters. The molecular formula is C4H7N3O3S. The Balaban J connectivity index is 3.06. The number of sulfonamides is 1. The molecule has 0 radical (unpaired) electrons. The molecule has 0 saturated carbocycles. The SMILES string of the molecule is CS(=O)(=O)N1C(=O)CN=C1N. The standard InChI is InChI=1S/C4H7N3O3S/c1-11(9,10)7-3(8)2-6-4(7)5/h2H2,1H3,(H2,5,6). The van der Waals surface area contributed by atoms with Gasteiger partial charge in [-0.1, -0.05) is 0 Å². The van der Waals surface area contributed by atoms with Crippen molar-refractivity contribution in [3.8, 4) is 0 Å². The molecule has 1 aliphatic heterocycles. The van der Waals surface area contributed by atoms with Crippen LogP contribution in [0.3, 0.4) is 0 Å². The molecule has 6 nitrogen and oxygen atoms in total. The lowest BCUT2D eigenvalue weighted by atomic mass is 10.7. The molecule has 1 rings (SSSR count). The predicted octanol–water partition coefficient (Wildman–Crippen LogP) is -1.90. The van der Waals surface area contributed by atoms with Crippen molar-refractivity contribution in [2.24, 2.45) is 10.7 Å². The minimum Gasteiger partial charge on any atom is -0.369 e. The van der Waals surface area contributed by atoms with Gasteiger partial charge < -0.3 is 5.73 Å². The Kier molecular flexibility index (Phi) is 1.59. The fourth-order valence-electron chi connectivity index (χ4n) is 0.760. The Morgan fingerprint density at radius 2 is 2.18 bits per heavy atom. The van der Waals surface area contributed by atoms with Crippen LogP contribution in [-0.4, -0.2) is 37.4 Å². The number of carbonyl (C=O) groups is 1. The molecule has 1 amide bonds. The van der Waals surface area contributed by atoms with Gasteiger partial charge in [0.2, 0.25) is 16.0 Å². The highest BCUT2D eigenvalue weighted by atomic mass is 32.2. The van der Waals surface area contributed by atoms with Gasteiger partial charge in [0.1, 0.15) is 6.54 Å². The lowest BCUT2D eigenvalue weighted by Gasteiger charge is -2.10. The van der Waals surface area contributed by atoms with Gasteiger partial charge in [-0.05, 0) is 0 Å². The van der Waals surface area contributed by atoms with E-state index in [0.29, 0.717) is 4.31 Å². The summed E-state index contributed by atoms with van der Waals surface area (Å²) in [7, 11) is -3.57. The van der Waals surface area contributed by atoms with E-state index in [-0.39, 0.29) is 12.5 Å². The first-order valence-electron chi connectivity index (χ1n) is 2.76. The molecule has 62 valence electrons. The Labute approximate surface area is 63.7 Å². The van der Waals surface area contributed by atoms with Crippen molar-refractivity contribution in [1.82, 2.24) is 4.31 Å². The zero-order valence-electron chi connectivity index (χ0n) is 5.81. The first-order valence-corrected chi connectivity index (χ1v) is 4.61. The fourth-order valence-corrected chi connectivity index (χ4v) is 1.58. The maximum absolute atomic E-state index is 10.8. The monoisotopic (exact) mass is 177 g/mol. The molecule has 2 N–H and O–H groups in total. The number of amides is 1. The number of nitrogens with two attached hydrogens (primary N) is 1. The Morgan fingerprint density at radius 3 is 2.36 bits per heavy atom. The summed E-state index contributed by atoms with van der Waals surface area (Å²) in [5.41, 5.74) is 5.13. The van der Waals surface area contributed by atoms with Crippen LogP contribution in [0, 0.1) is 0 Å². The van der Waals surface area contributed by atoms with Crippen LogP contribution in [0.2, 0.25) is 0 Å². The van der Waals surface area contributed by atoms with Gasteiger partial charge in [-0.2, -0.15) is 4.31 Å². The molecule has 7 heteroatoms. The fraction of sp³-hybridized carbons (Fsp3) is 0.500. The maximum atomic E-state index is 10.8. The zero-order chi connectivity index (χ0) is 8.65. The Bertz CT molecular complexity index is 317. The number of hydrogen-bond acceptors (Lipinski definition) is 5. The molecule has 0 aromatic rings. The molecule has 0 aromatic heterocycles. The van der Waals surface area contributed by atoms with E-state index in [0.717, 1.165) is 6.26 Å². The van der Waals surface area contributed by atoms with Crippen molar-refractivity contribution in [3.63, 3.8) is 0 Å². The van der Waals surface area contributed by atoms with Crippen molar-refractivity contribution in [2.75, 3.05) is 12.8 Å². The van der Waals surface area contributed by atoms with Crippen molar-refractivity contribution in [3.05, 3.63) is 0 Å². The molecular weight excluding hydrogens is 170 g/mol. The Hall–Kier alpha value is -1.11. The Morgan fingerprint density at radius 1 is 1.64 bits per heavy atom. The van der Waals surface area contributed by atoms with Gasteiger partial charge in [-0.25, -0.2) is 13.4 Å². The minimum atomic E-state index is -3.57. The largest absolute Gasteiger partial charge is 0.369 e. The second kappa shape index (κ2) is 2.19. The van der Waals surface area contributed by atoms with Crippen LogP contribution in [0.5, 0.6) is 0 Å². The van der Waals surface area contributed by atoms with E-state index in [1.807, 2.05) is 0 Å². The average Bonchev–Trinajstić information content (AvgIpc) is 2.08. The molecule has 11 heavy (non-hydrogen) atoms. The molecule has 0 unspecified atom stereocenters. The molecule has 0 saturated heterocycles. The lowest BCUT2D eigenvalue weighted by Crippen LogP contribution is -2.41. The predicted molar refractivity (Wildman–Crippen MR) is 38.2 cm³/mol. The van der Waals surface area contributed by atoms with E-state index >= 15 is 0 Å². The van der Waals surface area contributed by atoms with Gasteiger partial charge in [0.15, 0.2) is 0 Å². The van der Waals surface area contributed by atoms with Gasteiger partial charge in [-0.15, -0.1) is 0 Å². The summed E-state index contributed by atoms with van der Waals surface area (Å²) < 4.78 is 22.1. The summed E-state index contributed by atoms with van der Waals surface area (Å²) in [6.45, 7) is -0.182. The first kappa shape index (κ1) is 7.99. The number of carbonyl (C=O) groups excluding carboxylic acids is 1. The van der Waals surface area contributed by atoms with Crippen molar-refractivity contribution < 1.29 is 13.2 Å². The maximum Gasteiger partial charge on any atom is 0.264 e. The van der Waals surface area contributed by atoms with Crippen LogP contribution >= 0.6 is 0 Å². The second-order valence-corrected chi connectivity index (χ2v) is 3.93. The summed E-state index contributed by atoms with van der Waals surface area (Å²) in [6, 6.07) is 0. The van der Waals surface area contributed by atoms with E-state index < -0.39 is 15.9 Å². The summed E-state index contributed by atoms with van der Waals surface area (Å²) in [5.74, 6) is -0.859. The molecule has 1 aliphatic rings. The van der Waals surface area contributed by atoms with E-state index in [1.54, 1.807) is 0 Å². The van der Waals surface area contributed by atoms with E-state index in [4.69, 9.17) is 5.73 Å². The summed E-state index contributed by atoms with van der Waals surface area (Å²) in [6.07, 6.45) is 0.901. The van der Waals surface area contributed by atoms with Gasteiger partial charge in [0.25, 0.3) is 5.91 Å². The van der Waals surface area contributed by atoms with Crippen molar-refractivity contribution in [2.45, 2.75) is 0 Å². The lowest BCUT2D eigenvalue weighted by molar-refractivity contribution is -0.121. The molecule has 0 spiro atoms. The van der Waals surface area contributed by atoms with Crippen LogP contribution in [0.1, 0.15) is 0 Å². The number of rotatable bonds is 1. The van der Waals surface area contributed by atoms with Crippen molar-refractivity contribution in [1.29, 1.82) is 0 Å². The summed E-state index contributed by atoms with van der Waals surface area (Å²) >= 11 is 0. The van der Waals surface area contributed by atoms with Crippen LogP contribution < -0.4 is 5.73 Å². The highest BCUT2D eigenvalue weighted by Crippen LogP contribution is 2.04. The van der Waals surface area contributed by atoms with Crippen LogP contribution in [-0.2, 0) is 14.8 Å². The van der Waals surface area contributed by atoms with Crippen LogP contribution in [0.4, 0.5) is 0 Å². The van der Waals surface area contributed by atoms with Gasteiger partial charge in [0.05, 0.1) is 6.26 Å². The van der Waals surface area contributed by atoms with Crippen LogP contribution in [0.25, 0.3) is 0 Å². The third-order valence-electron chi connectivity index (χ3n) is 1.14. The van der Waals surface area contributed by atoms with Gasteiger partial charge in [0, 0.05) is 0 Å². The van der Waals surface area contributed by atoms with Crippen LogP contribution in [0.15, 0.2) is 4.99 Å². The second-order valence-electron chi connectivity index (χ2n) is 2.10. The molecule has 0 fully saturated rings. The number of guanidine groups is 1. The van der Waals surface area contributed by atoms with E-state index in [1.165, 1.54) is 0 Å². The highest BCUT2D eigenvalue weighted by Gasteiger charge is 2.30. The van der Waals surface area contributed by atoms with Gasteiger partial charge >= 0.3 is 0 Å². The molecule has 0 aromatic carbocycles. The quantitative estimate of drug-likeness (QED) is 0.506. The normalized spacial score (nSPS) is 18.8. The number of nitrogens with zero attached hydrogens (tertiary/aromatic N) is 2.